The average Bonchev–Trinajstić information content (AvgIpc) is 2.83. The van der Waals surface area contributed by atoms with Gasteiger partial charge in [0.05, 0.1) is 10.3 Å². The minimum Gasteiger partial charge on any atom is -0.352 e. The van der Waals surface area contributed by atoms with E-state index in [0.29, 0.717) is 12.1 Å². The number of carbonyl (C=O) groups excluding carboxylic acids is 1. The van der Waals surface area contributed by atoms with Crippen molar-refractivity contribution in [3.05, 3.63) is 29.8 Å². The second kappa shape index (κ2) is 5.51. The van der Waals surface area contributed by atoms with Gasteiger partial charge in [-0.1, -0.05) is 12.1 Å². The summed E-state index contributed by atoms with van der Waals surface area (Å²) in [4.78, 5) is 12.2. The number of hydrogen-bond acceptors (Lipinski definition) is 4. The molecule has 1 atom stereocenters. The summed E-state index contributed by atoms with van der Waals surface area (Å²) in [5.74, 6) is -0.0245. The minimum absolute atomic E-state index is 0.0245. The van der Waals surface area contributed by atoms with Crippen LogP contribution < -0.4 is 15.8 Å². The average molecular weight is 297 g/mol. The van der Waals surface area contributed by atoms with E-state index in [0.717, 1.165) is 13.0 Å². The molecule has 1 aliphatic rings. The Morgan fingerprint density at radius 2 is 2.25 bits per heavy atom. The number of carbonyl (C=O) groups is 1. The van der Waals surface area contributed by atoms with Gasteiger partial charge in [-0.3, -0.25) is 4.79 Å². The Morgan fingerprint density at radius 3 is 2.85 bits per heavy atom. The van der Waals surface area contributed by atoms with Crippen LogP contribution in [-0.4, -0.2) is 27.4 Å². The largest absolute Gasteiger partial charge is 0.352 e. The fourth-order valence-corrected chi connectivity index (χ4v) is 2.82. The molecule has 1 heterocycles. The highest BCUT2D eigenvalue weighted by atomic mass is 32.2. The number of nitrogens with two attached hydrogens (primary N) is 1. The zero-order valence-electron chi connectivity index (χ0n) is 11.3. The lowest BCUT2D eigenvalue weighted by Crippen LogP contribution is -2.40. The molecule has 0 radical (unpaired) electrons. The summed E-state index contributed by atoms with van der Waals surface area (Å²) in [6.07, 6.45) is 0.802. The smallest absolute Gasteiger partial charge is 0.238 e. The van der Waals surface area contributed by atoms with Crippen LogP contribution in [0.15, 0.2) is 29.2 Å². The van der Waals surface area contributed by atoms with Crippen LogP contribution in [-0.2, 0) is 21.4 Å². The molecule has 110 valence electrons. The molecule has 6 nitrogen and oxygen atoms in total. The Bertz CT molecular complexity index is 607. The number of benzene rings is 1. The zero-order chi connectivity index (χ0) is 14.8. The molecule has 0 aliphatic carbocycles. The van der Waals surface area contributed by atoms with Gasteiger partial charge in [0.15, 0.2) is 0 Å². The molecular weight excluding hydrogens is 278 g/mol. The van der Waals surface area contributed by atoms with Gasteiger partial charge in [0, 0.05) is 13.1 Å². The molecule has 1 amide bonds. The molecule has 0 bridgehead atoms. The van der Waals surface area contributed by atoms with E-state index >= 15 is 0 Å². The molecule has 20 heavy (non-hydrogen) atoms. The van der Waals surface area contributed by atoms with E-state index in [1.165, 1.54) is 12.1 Å². The summed E-state index contributed by atoms with van der Waals surface area (Å²) in [5, 5.41) is 11.1. The summed E-state index contributed by atoms with van der Waals surface area (Å²) < 4.78 is 22.5. The van der Waals surface area contributed by atoms with E-state index in [2.05, 4.69) is 10.6 Å². The molecule has 2 rings (SSSR count). The van der Waals surface area contributed by atoms with Crippen molar-refractivity contribution in [2.45, 2.75) is 24.8 Å². The Morgan fingerprint density at radius 1 is 1.50 bits per heavy atom. The number of rotatable bonds is 4. The molecule has 4 N–H and O–H groups in total. The maximum atomic E-state index is 12.1. The lowest BCUT2D eigenvalue weighted by atomic mass is 9.89. The van der Waals surface area contributed by atoms with Gasteiger partial charge in [-0.05, 0) is 37.6 Å². The first-order valence-corrected chi connectivity index (χ1v) is 7.97. The van der Waals surface area contributed by atoms with Gasteiger partial charge >= 0.3 is 0 Å². The Kier molecular flexibility index (Phi) is 4.12. The van der Waals surface area contributed by atoms with Crippen LogP contribution in [0.3, 0.4) is 0 Å². The van der Waals surface area contributed by atoms with Crippen LogP contribution >= 0.6 is 0 Å². The molecular formula is C13H19N3O3S. The van der Waals surface area contributed by atoms with Gasteiger partial charge in [-0.2, -0.15) is 0 Å². The third-order valence-electron chi connectivity index (χ3n) is 3.60. The third-order valence-corrected chi connectivity index (χ3v) is 4.51. The van der Waals surface area contributed by atoms with Crippen LogP contribution in [0.2, 0.25) is 0 Å². The number of amides is 1. The highest BCUT2D eigenvalue weighted by molar-refractivity contribution is 7.89. The standard InChI is InChI=1S/C13H19N3O3S/c1-13(5-6-15-9-13)12(17)16-8-10-3-2-4-11(7-10)20(14,18)19/h2-4,7,15H,5-6,8-9H2,1H3,(H,16,17)(H2,14,18,19). The molecule has 0 spiro atoms. The Balaban J connectivity index is 2.03. The molecule has 7 heteroatoms. The quantitative estimate of drug-likeness (QED) is 0.725. The first kappa shape index (κ1) is 15.0. The summed E-state index contributed by atoms with van der Waals surface area (Å²) in [6.45, 7) is 3.71. The molecule has 1 fully saturated rings. The molecule has 1 aromatic carbocycles. The lowest BCUT2D eigenvalue weighted by molar-refractivity contribution is -0.129. The third kappa shape index (κ3) is 3.36. The molecule has 1 aromatic rings. The summed E-state index contributed by atoms with van der Waals surface area (Å²) in [6, 6.07) is 6.28. The van der Waals surface area contributed by atoms with Crippen molar-refractivity contribution >= 4 is 15.9 Å². The molecule has 1 saturated heterocycles. The predicted octanol–water partition coefficient (Wildman–Crippen LogP) is -0.0502. The van der Waals surface area contributed by atoms with Crippen molar-refractivity contribution in [1.82, 2.24) is 10.6 Å². The van der Waals surface area contributed by atoms with E-state index in [1.807, 2.05) is 6.92 Å². The summed E-state index contributed by atoms with van der Waals surface area (Å²) in [7, 11) is -3.71. The maximum absolute atomic E-state index is 12.1. The van der Waals surface area contributed by atoms with Gasteiger partial charge in [0.25, 0.3) is 0 Å². The highest BCUT2D eigenvalue weighted by Gasteiger charge is 2.35. The summed E-state index contributed by atoms with van der Waals surface area (Å²) >= 11 is 0. The topological polar surface area (TPSA) is 101 Å². The number of primary sulfonamides is 1. The van der Waals surface area contributed by atoms with Gasteiger partial charge in [0.1, 0.15) is 0 Å². The van der Waals surface area contributed by atoms with Crippen LogP contribution in [0, 0.1) is 5.41 Å². The molecule has 1 aliphatic heterocycles. The van der Waals surface area contributed by atoms with Crippen molar-refractivity contribution in [3.63, 3.8) is 0 Å². The van der Waals surface area contributed by atoms with Crippen molar-refractivity contribution < 1.29 is 13.2 Å². The fourth-order valence-electron chi connectivity index (χ4n) is 2.24. The first-order valence-electron chi connectivity index (χ1n) is 6.42. The van der Waals surface area contributed by atoms with Gasteiger partial charge < -0.3 is 10.6 Å². The van der Waals surface area contributed by atoms with Crippen molar-refractivity contribution in [1.29, 1.82) is 0 Å². The second-order valence-electron chi connectivity index (χ2n) is 5.36. The van der Waals surface area contributed by atoms with Crippen LogP contribution in [0.5, 0.6) is 0 Å². The first-order chi connectivity index (χ1) is 9.31. The number of hydrogen-bond donors (Lipinski definition) is 3. The molecule has 1 unspecified atom stereocenters. The highest BCUT2D eigenvalue weighted by Crippen LogP contribution is 2.24. The Labute approximate surface area is 118 Å². The van der Waals surface area contributed by atoms with Gasteiger partial charge in [-0.25, -0.2) is 13.6 Å². The fraction of sp³-hybridized carbons (Fsp3) is 0.462. The van der Waals surface area contributed by atoms with Gasteiger partial charge in [0.2, 0.25) is 15.9 Å². The second-order valence-corrected chi connectivity index (χ2v) is 6.92. The zero-order valence-corrected chi connectivity index (χ0v) is 12.2. The summed E-state index contributed by atoms with van der Waals surface area (Å²) in [5.41, 5.74) is 0.316. The van der Waals surface area contributed by atoms with Crippen LogP contribution in [0.1, 0.15) is 18.9 Å². The number of nitrogens with one attached hydrogen (secondary N) is 2. The monoisotopic (exact) mass is 297 g/mol. The predicted molar refractivity (Wildman–Crippen MR) is 75.3 cm³/mol. The van der Waals surface area contributed by atoms with E-state index in [1.54, 1.807) is 12.1 Å². The van der Waals surface area contributed by atoms with E-state index in [-0.39, 0.29) is 17.3 Å². The van der Waals surface area contributed by atoms with Crippen molar-refractivity contribution in [3.8, 4) is 0 Å². The van der Waals surface area contributed by atoms with E-state index < -0.39 is 15.4 Å². The lowest BCUT2D eigenvalue weighted by Gasteiger charge is -2.21. The minimum atomic E-state index is -3.71. The van der Waals surface area contributed by atoms with Crippen LogP contribution in [0.4, 0.5) is 0 Å². The van der Waals surface area contributed by atoms with E-state index in [4.69, 9.17) is 5.14 Å². The van der Waals surface area contributed by atoms with Crippen molar-refractivity contribution in [2.24, 2.45) is 10.6 Å². The Hall–Kier alpha value is -1.44. The molecule has 0 saturated carbocycles. The number of sulfonamides is 1. The maximum Gasteiger partial charge on any atom is 0.238 e. The molecule has 0 aromatic heterocycles. The van der Waals surface area contributed by atoms with Gasteiger partial charge in [-0.15, -0.1) is 0 Å². The normalized spacial score (nSPS) is 22.7. The SMILES string of the molecule is CC1(C(=O)NCc2cccc(S(N)(=O)=O)c2)CCNC1. The van der Waals surface area contributed by atoms with Crippen LogP contribution in [0.25, 0.3) is 0 Å². The van der Waals surface area contributed by atoms with Crippen molar-refractivity contribution in [2.75, 3.05) is 13.1 Å². The van der Waals surface area contributed by atoms with E-state index in [9.17, 15) is 13.2 Å².